The highest BCUT2D eigenvalue weighted by Gasteiger charge is 2.18. The number of halogens is 3. The third kappa shape index (κ3) is 5.64. The van der Waals surface area contributed by atoms with E-state index in [4.69, 9.17) is 56.5 Å². The van der Waals surface area contributed by atoms with Gasteiger partial charge in [0.2, 0.25) is 0 Å². The molecule has 0 heterocycles. The van der Waals surface area contributed by atoms with E-state index in [0.29, 0.717) is 32.3 Å². The summed E-state index contributed by atoms with van der Waals surface area (Å²) < 4.78 is 10.8. The first-order valence-electron chi connectivity index (χ1n) is 7.37. The van der Waals surface area contributed by atoms with Crippen molar-refractivity contribution >= 4 is 63.7 Å². The molecule has 0 radical (unpaired) electrons. The largest absolute Gasteiger partial charge is 0.495 e. The van der Waals surface area contributed by atoms with Gasteiger partial charge in [0.1, 0.15) is 11.5 Å². The Balaban J connectivity index is 1.97. The summed E-state index contributed by atoms with van der Waals surface area (Å²) in [4.78, 5) is 12.2. The Bertz CT molecular complexity index is 833. The first-order chi connectivity index (χ1) is 12.3. The Kier molecular flexibility index (Phi) is 7.34. The van der Waals surface area contributed by atoms with Crippen molar-refractivity contribution in [2.45, 2.75) is 13.0 Å². The molecule has 2 N–H and O–H groups in total. The van der Waals surface area contributed by atoms with Crippen molar-refractivity contribution in [3.63, 3.8) is 0 Å². The quantitative estimate of drug-likeness (QED) is 0.654. The van der Waals surface area contributed by atoms with Crippen molar-refractivity contribution in [3.05, 3.63) is 51.5 Å². The van der Waals surface area contributed by atoms with Crippen molar-refractivity contribution in [2.24, 2.45) is 0 Å². The van der Waals surface area contributed by atoms with Crippen molar-refractivity contribution < 1.29 is 14.3 Å². The number of benzene rings is 2. The number of ether oxygens (including phenoxy) is 2. The average Bonchev–Trinajstić information content (AvgIpc) is 2.58. The molecule has 9 heteroatoms. The molecule has 0 spiro atoms. The Morgan fingerprint density at radius 2 is 1.73 bits per heavy atom. The molecule has 0 aliphatic heterocycles. The average molecular weight is 434 g/mol. The van der Waals surface area contributed by atoms with Crippen molar-refractivity contribution in [2.75, 3.05) is 12.4 Å². The molecule has 5 nitrogen and oxygen atoms in total. The van der Waals surface area contributed by atoms with Gasteiger partial charge in [0.15, 0.2) is 11.2 Å². The van der Waals surface area contributed by atoms with Crippen LogP contribution in [0.25, 0.3) is 0 Å². The maximum Gasteiger partial charge on any atom is 0.266 e. The van der Waals surface area contributed by atoms with Crippen LogP contribution >= 0.6 is 47.0 Å². The molecule has 0 aromatic heterocycles. The van der Waals surface area contributed by atoms with Gasteiger partial charge in [-0.3, -0.25) is 10.1 Å². The fourth-order valence-electron chi connectivity index (χ4n) is 1.95. The Morgan fingerprint density at radius 3 is 2.38 bits per heavy atom. The highest BCUT2D eigenvalue weighted by Crippen LogP contribution is 2.29. The van der Waals surface area contributed by atoms with Gasteiger partial charge in [-0.05, 0) is 49.5 Å². The summed E-state index contributed by atoms with van der Waals surface area (Å²) in [6, 6.07) is 9.72. The second-order valence-electron chi connectivity index (χ2n) is 5.12. The molecule has 2 aromatic rings. The monoisotopic (exact) mass is 432 g/mol. The van der Waals surface area contributed by atoms with Crippen LogP contribution < -0.4 is 20.1 Å². The highest BCUT2D eigenvalue weighted by molar-refractivity contribution is 7.80. The normalized spacial score (nSPS) is 11.4. The molecule has 2 aromatic carbocycles. The fraction of sp³-hybridized carbons (Fsp3) is 0.176. The first-order valence-corrected chi connectivity index (χ1v) is 8.91. The maximum absolute atomic E-state index is 12.2. The van der Waals surface area contributed by atoms with Crippen LogP contribution in [0.2, 0.25) is 15.1 Å². The second-order valence-corrected chi connectivity index (χ2v) is 6.81. The number of rotatable bonds is 5. The molecular weight excluding hydrogens is 419 g/mol. The second kappa shape index (κ2) is 9.28. The van der Waals surface area contributed by atoms with Gasteiger partial charge >= 0.3 is 0 Å². The fourth-order valence-corrected chi connectivity index (χ4v) is 2.78. The van der Waals surface area contributed by atoms with Crippen molar-refractivity contribution in [1.29, 1.82) is 0 Å². The van der Waals surface area contributed by atoms with Gasteiger partial charge in [-0.2, -0.15) is 0 Å². The summed E-state index contributed by atoms with van der Waals surface area (Å²) in [5.41, 5.74) is 0.566. The van der Waals surface area contributed by atoms with Crippen LogP contribution in [-0.4, -0.2) is 24.2 Å². The number of methoxy groups -OCH3 is 1. The zero-order valence-electron chi connectivity index (χ0n) is 13.8. The highest BCUT2D eigenvalue weighted by atomic mass is 35.5. The number of nitrogens with one attached hydrogen (secondary N) is 2. The third-order valence-corrected chi connectivity index (χ3v) is 4.19. The summed E-state index contributed by atoms with van der Waals surface area (Å²) in [6.45, 7) is 1.58. The maximum atomic E-state index is 12.2. The molecule has 1 unspecified atom stereocenters. The zero-order chi connectivity index (χ0) is 19.3. The standard InChI is InChI=1S/C17H15Cl3N2O3S/c1-9(25-14-6-4-10(18)7-12(14)20)16(23)22-17(26)21-13-5-3-11(19)8-15(13)24-2/h3-9H,1-2H3,(H2,21,22,23,26). The van der Waals surface area contributed by atoms with E-state index in [0.717, 1.165) is 0 Å². The van der Waals surface area contributed by atoms with Crippen LogP contribution in [0.15, 0.2) is 36.4 Å². The van der Waals surface area contributed by atoms with Gasteiger partial charge in [-0.15, -0.1) is 0 Å². The van der Waals surface area contributed by atoms with Crippen LogP contribution in [0.3, 0.4) is 0 Å². The van der Waals surface area contributed by atoms with Gasteiger partial charge in [-0.1, -0.05) is 34.8 Å². The molecule has 0 aliphatic carbocycles. The molecule has 0 bridgehead atoms. The molecule has 0 saturated heterocycles. The number of hydrogen-bond acceptors (Lipinski definition) is 4. The van der Waals surface area contributed by atoms with Crippen LogP contribution in [0.4, 0.5) is 5.69 Å². The molecule has 2 rings (SSSR count). The molecule has 1 amide bonds. The lowest BCUT2D eigenvalue weighted by Crippen LogP contribution is -2.42. The predicted molar refractivity (Wildman–Crippen MR) is 109 cm³/mol. The third-order valence-electron chi connectivity index (χ3n) is 3.22. The minimum Gasteiger partial charge on any atom is -0.495 e. The summed E-state index contributed by atoms with van der Waals surface area (Å²) in [7, 11) is 1.50. The smallest absolute Gasteiger partial charge is 0.266 e. The van der Waals surface area contributed by atoms with Crippen molar-refractivity contribution in [3.8, 4) is 11.5 Å². The van der Waals surface area contributed by atoms with Crippen LogP contribution in [0.5, 0.6) is 11.5 Å². The molecule has 0 saturated carbocycles. The van der Waals surface area contributed by atoms with E-state index in [9.17, 15) is 4.79 Å². The van der Waals surface area contributed by atoms with E-state index in [-0.39, 0.29) is 5.11 Å². The van der Waals surface area contributed by atoms with E-state index < -0.39 is 12.0 Å². The summed E-state index contributed by atoms with van der Waals surface area (Å²) in [5.74, 6) is 0.393. The first kappa shape index (κ1) is 20.6. The minimum atomic E-state index is -0.833. The van der Waals surface area contributed by atoms with E-state index >= 15 is 0 Å². The van der Waals surface area contributed by atoms with E-state index in [1.807, 2.05) is 0 Å². The van der Waals surface area contributed by atoms with Gasteiger partial charge < -0.3 is 14.8 Å². The lowest BCUT2D eigenvalue weighted by Gasteiger charge is -2.17. The Hall–Kier alpha value is -1.73. The van der Waals surface area contributed by atoms with E-state index in [2.05, 4.69) is 10.6 Å². The minimum absolute atomic E-state index is 0.0910. The van der Waals surface area contributed by atoms with E-state index in [1.54, 1.807) is 37.3 Å². The summed E-state index contributed by atoms with van der Waals surface area (Å²) >= 11 is 22.9. The van der Waals surface area contributed by atoms with Crippen LogP contribution in [0, 0.1) is 0 Å². The van der Waals surface area contributed by atoms with Gasteiger partial charge in [-0.25, -0.2) is 0 Å². The lowest BCUT2D eigenvalue weighted by molar-refractivity contribution is -0.125. The number of amides is 1. The molecule has 0 aliphatic rings. The van der Waals surface area contributed by atoms with Gasteiger partial charge in [0.25, 0.3) is 5.91 Å². The van der Waals surface area contributed by atoms with Crippen molar-refractivity contribution in [1.82, 2.24) is 5.32 Å². The van der Waals surface area contributed by atoms with E-state index in [1.165, 1.54) is 13.2 Å². The Labute approximate surface area is 171 Å². The molecule has 1 atom stereocenters. The lowest BCUT2D eigenvalue weighted by atomic mass is 10.3. The van der Waals surface area contributed by atoms with Crippen LogP contribution in [-0.2, 0) is 4.79 Å². The predicted octanol–water partition coefficient (Wildman–Crippen LogP) is 4.94. The molecular formula is C17H15Cl3N2O3S. The molecule has 0 fully saturated rings. The van der Waals surface area contributed by atoms with Crippen LogP contribution in [0.1, 0.15) is 6.92 Å². The van der Waals surface area contributed by atoms with Gasteiger partial charge in [0, 0.05) is 16.1 Å². The van der Waals surface area contributed by atoms with Gasteiger partial charge in [0.05, 0.1) is 17.8 Å². The SMILES string of the molecule is COc1cc(Cl)ccc1NC(=S)NC(=O)C(C)Oc1ccc(Cl)cc1Cl. The topological polar surface area (TPSA) is 59.6 Å². The number of carbonyl (C=O) groups is 1. The number of anilines is 1. The molecule has 138 valence electrons. The summed E-state index contributed by atoms with van der Waals surface area (Å²) in [6.07, 6.45) is -0.833. The number of hydrogen-bond donors (Lipinski definition) is 2. The zero-order valence-corrected chi connectivity index (χ0v) is 16.9. The summed E-state index contributed by atoms with van der Waals surface area (Å²) in [5, 5.41) is 6.81. The number of carbonyl (C=O) groups excluding carboxylic acids is 1. The molecule has 26 heavy (non-hydrogen) atoms. The Morgan fingerprint density at radius 1 is 1.08 bits per heavy atom. The number of thiocarbonyl (C=S) groups is 1.